The normalized spacial score (nSPS) is 21.6. The van der Waals surface area contributed by atoms with Gasteiger partial charge in [0.2, 0.25) is 0 Å². The van der Waals surface area contributed by atoms with Gasteiger partial charge in [0.15, 0.2) is 0 Å². The monoisotopic (exact) mass is 555 g/mol. The van der Waals surface area contributed by atoms with Gasteiger partial charge in [-0.05, 0) is 31.4 Å². The Morgan fingerprint density at radius 1 is 1.13 bits per heavy atom. The van der Waals surface area contributed by atoms with Gasteiger partial charge < -0.3 is 14.8 Å². The average Bonchev–Trinajstić information content (AvgIpc) is 3.21. The second-order valence-corrected chi connectivity index (χ2v) is 10.5. The van der Waals surface area contributed by atoms with E-state index in [-0.39, 0.29) is 17.4 Å². The van der Waals surface area contributed by atoms with Gasteiger partial charge in [0.1, 0.15) is 23.5 Å². The van der Waals surface area contributed by atoms with E-state index in [0.717, 1.165) is 28.6 Å². The Hall–Kier alpha value is -2.76. The Morgan fingerprint density at radius 2 is 1.82 bits per heavy atom. The van der Waals surface area contributed by atoms with Crippen LogP contribution in [0.15, 0.2) is 36.4 Å². The Bertz CT molecular complexity index is 1280. The van der Waals surface area contributed by atoms with Crippen molar-refractivity contribution in [2.75, 3.05) is 39.5 Å². The molecule has 5 nitrogen and oxygen atoms in total. The molecule has 1 unspecified atom stereocenters. The van der Waals surface area contributed by atoms with Gasteiger partial charge in [-0.25, -0.2) is 8.78 Å². The van der Waals surface area contributed by atoms with Crippen molar-refractivity contribution < 1.29 is 36.2 Å². The molecule has 2 N–H and O–H groups in total. The van der Waals surface area contributed by atoms with Crippen molar-refractivity contribution in [1.82, 2.24) is 14.8 Å². The molecular formula is C28H31F6N3O2. The van der Waals surface area contributed by atoms with Crippen LogP contribution in [0, 0.1) is 17.6 Å². The van der Waals surface area contributed by atoms with E-state index in [2.05, 4.69) is 4.98 Å². The molecule has 2 aromatic carbocycles. The summed E-state index contributed by atoms with van der Waals surface area (Å²) in [6, 6.07) is 7.77. The Labute approximate surface area is 222 Å². The number of aromatic nitrogens is 1. The summed E-state index contributed by atoms with van der Waals surface area (Å²) in [4.78, 5) is 6.60. The van der Waals surface area contributed by atoms with Crippen LogP contribution in [-0.4, -0.2) is 77.7 Å². The Kier molecular flexibility index (Phi) is 7.85. The van der Waals surface area contributed by atoms with Crippen LogP contribution in [0.3, 0.4) is 0 Å². The summed E-state index contributed by atoms with van der Waals surface area (Å²) in [6.07, 6.45) is -4.20. The molecule has 11 heteroatoms. The number of benzene rings is 2. The fourth-order valence-corrected chi connectivity index (χ4v) is 5.77. The molecule has 0 radical (unpaired) electrons. The van der Waals surface area contributed by atoms with E-state index in [9.17, 15) is 22.7 Å². The number of aliphatic hydroxyl groups excluding tert-OH is 1. The number of hydrogen-bond acceptors (Lipinski definition) is 4. The molecule has 3 atom stereocenters. The van der Waals surface area contributed by atoms with E-state index >= 15 is 8.78 Å². The topological polar surface area (TPSA) is 51.7 Å². The first kappa shape index (κ1) is 27.8. The van der Waals surface area contributed by atoms with Crippen LogP contribution in [0.2, 0.25) is 0 Å². The zero-order chi connectivity index (χ0) is 27.9. The van der Waals surface area contributed by atoms with Crippen LogP contribution in [-0.2, 0) is 6.42 Å². The van der Waals surface area contributed by atoms with Crippen molar-refractivity contribution >= 4 is 10.9 Å². The molecule has 3 aromatic rings. The van der Waals surface area contributed by atoms with E-state index < -0.39 is 55.6 Å². The van der Waals surface area contributed by atoms with Crippen LogP contribution < -0.4 is 4.74 Å². The number of likely N-dealkylation sites (tertiary alicyclic amines) is 1. The molecule has 1 saturated heterocycles. The standard InChI is InChI=1S/C28H31F6N3O2/c1-16-9-21-20-5-2-3-6-24(20)35-26(21)27(37(16)12-17(15-38)28(32,33)34)25-22(30)10-18(11-23(25)31)39-19-13-36(14-19)8-4-7-29/h2-3,5-6,10-11,16-17,19,27,35,38H,4,7-9,12-15H2,1H3/t16?,17-,27-/m1/s1. The third-order valence-corrected chi connectivity index (χ3v) is 7.79. The average molecular weight is 556 g/mol. The van der Waals surface area contributed by atoms with Gasteiger partial charge in [-0.3, -0.25) is 14.2 Å². The lowest BCUT2D eigenvalue weighted by molar-refractivity contribution is -0.191. The Balaban J connectivity index is 1.51. The fourth-order valence-electron chi connectivity index (χ4n) is 5.77. The third-order valence-electron chi connectivity index (χ3n) is 7.79. The number of nitrogens with zero attached hydrogens (tertiary/aromatic N) is 2. The maximum Gasteiger partial charge on any atom is 0.395 e. The summed E-state index contributed by atoms with van der Waals surface area (Å²) < 4.78 is 90.6. The van der Waals surface area contributed by atoms with Crippen molar-refractivity contribution in [3.8, 4) is 5.75 Å². The maximum atomic E-state index is 15.7. The summed E-state index contributed by atoms with van der Waals surface area (Å²) >= 11 is 0. The molecule has 2 aliphatic heterocycles. The molecular weight excluding hydrogens is 524 g/mol. The zero-order valence-electron chi connectivity index (χ0n) is 21.4. The first-order valence-electron chi connectivity index (χ1n) is 13.1. The number of aliphatic hydroxyl groups is 1. The molecule has 2 aliphatic rings. The van der Waals surface area contributed by atoms with Crippen LogP contribution >= 0.6 is 0 Å². The molecule has 39 heavy (non-hydrogen) atoms. The number of rotatable bonds is 9. The van der Waals surface area contributed by atoms with Gasteiger partial charge in [-0.15, -0.1) is 0 Å². The van der Waals surface area contributed by atoms with Gasteiger partial charge in [0, 0.05) is 66.5 Å². The van der Waals surface area contributed by atoms with Gasteiger partial charge in [-0.1, -0.05) is 18.2 Å². The molecule has 0 saturated carbocycles. The second kappa shape index (κ2) is 11.0. The van der Waals surface area contributed by atoms with Crippen LogP contribution in [0.1, 0.15) is 36.2 Å². The second-order valence-electron chi connectivity index (χ2n) is 10.5. The summed E-state index contributed by atoms with van der Waals surface area (Å²) in [5.41, 5.74) is 1.58. The molecule has 212 valence electrons. The highest BCUT2D eigenvalue weighted by Crippen LogP contribution is 2.44. The molecule has 0 spiro atoms. The summed E-state index contributed by atoms with van der Waals surface area (Å²) in [7, 11) is 0. The van der Waals surface area contributed by atoms with E-state index in [1.807, 2.05) is 23.1 Å². The lowest BCUT2D eigenvalue weighted by atomic mass is 9.87. The number of hydrogen-bond donors (Lipinski definition) is 2. The number of ether oxygens (including phenoxy) is 1. The quantitative estimate of drug-likeness (QED) is 0.349. The summed E-state index contributed by atoms with van der Waals surface area (Å²) in [5, 5.41) is 10.4. The van der Waals surface area contributed by atoms with Gasteiger partial charge in [-0.2, -0.15) is 13.2 Å². The zero-order valence-corrected chi connectivity index (χ0v) is 21.4. The number of fused-ring (bicyclic) bond motifs is 3. The lowest BCUT2D eigenvalue weighted by Gasteiger charge is -2.43. The highest BCUT2D eigenvalue weighted by Gasteiger charge is 2.45. The largest absolute Gasteiger partial charge is 0.488 e. The molecule has 1 fully saturated rings. The Morgan fingerprint density at radius 3 is 2.46 bits per heavy atom. The predicted molar refractivity (Wildman–Crippen MR) is 134 cm³/mol. The van der Waals surface area contributed by atoms with Gasteiger partial charge >= 0.3 is 6.18 Å². The van der Waals surface area contributed by atoms with Crippen molar-refractivity contribution in [3.63, 3.8) is 0 Å². The van der Waals surface area contributed by atoms with E-state index in [1.54, 1.807) is 13.0 Å². The van der Waals surface area contributed by atoms with Crippen molar-refractivity contribution in [3.05, 3.63) is 64.9 Å². The highest BCUT2D eigenvalue weighted by molar-refractivity contribution is 5.85. The molecule has 0 aliphatic carbocycles. The number of H-pyrrole nitrogens is 1. The van der Waals surface area contributed by atoms with Gasteiger partial charge in [0.05, 0.1) is 25.2 Å². The minimum Gasteiger partial charge on any atom is -0.488 e. The SMILES string of the molecule is CC1Cc2c([nH]c3ccccc23)[C@@H](c2c(F)cc(OC3CN(CCCF)C3)cc2F)N1C[C@H](CO)C(F)(F)F. The maximum absolute atomic E-state index is 15.7. The number of aromatic amines is 1. The summed E-state index contributed by atoms with van der Waals surface area (Å²) in [6.45, 7) is 1.13. The number of para-hydroxylation sites is 1. The van der Waals surface area contributed by atoms with Crippen molar-refractivity contribution in [1.29, 1.82) is 0 Å². The summed E-state index contributed by atoms with van der Waals surface area (Å²) in [5.74, 6) is -3.96. The minimum atomic E-state index is -4.69. The molecule has 3 heterocycles. The predicted octanol–water partition coefficient (Wildman–Crippen LogP) is 5.38. The number of halogens is 6. The minimum absolute atomic E-state index is 0.0142. The van der Waals surface area contributed by atoms with E-state index in [4.69, 9.17) is 4.74 Å². The molecule has 0 bridgehead atoms. The van der Waals surface area contributed by atoms with Crippen LogP contribution in [0.25, 0.3) is 10.9 Å². The van der Waals surface area contributed by atoms with E-state index in [1.165, 1.54) is 4.90 Å². The fraction of sp³-hybridized carbons (Fsp3) is 0.500. The number of alkyl halides is 4. The third kappa shape index (κ3) is 5.49. The highest BCUT2D eigenvalue weighted by atomic mass is 19.4. The molecule has 1 aromatic heterocycles. The lowest BCUT2D eigenvalue weighted by Crippen LogP contribution is -2.53. The van der Waals surface area contributed by atoms with Crippen molar-refractivity contribution in [2.24, 2.45) is 5.92 Å². The van der Waals surface area contributed by atoms with E-state index in [0.29, 0.717) is 38.2 Å². The number of nitrogens with one attached hydrogen (secondary N) is 1. The smallest absolute Gasteiger partial charge is 0.395 e. The molecule has 5 rings (SSSR count). The van der Waals surface area contributed by atoms with Crippen molar-refractivity contribution in [2.45, 2.75) is 44.1 Å². The van der Waals surface area contributed by atoms with Crippen LogP contribution in [0.5, 0.6) is 5.75 Å². The first-order valence-corrected chi connectivity index (χ1v) is 13.1. The van der Waals surface area contributed by atoms with Crippen LogP contribution in [0.4, 0.5) is 26.3 Å². The van der Waals surface area contributed by atoms with Gasteiger partial charge in [0.25, 0.3) is 0 Å². The molecule has 0 amide bonds. The first-order chi connectivity index (χ1) is 18.6.